The zero-order valence-corrected chi connectivity index (χ0v) is 17.2. The summed E-state index contributed by atoms with van der Waals surface area (Å²) in [6.07, 6.45) is 4.03. The van der Waals surface area contributed by atoms with Gasteiger partial charge in [-0.3, -0.25) is 29.4 Å². The lowest BCUT2D eigenvalue weighted by atomic mass is 10.0. The molecule has 1 fully saturated rings. The summed E-state index contributed by atoms with van der Waals surface area (Å²) in [5, 5.41) is 5.44. The maximum atomic E-state index is 13.0. The number of hydrogen-bond donors (Lipinski definition) is 3. The van der Waals surface area contributed by atoms with Gasteiger partial charge in [0.1, 0.15) is 6.04 Å². The highest BCUT2D eigenvalue weighted by Crippen LogP contribution is 2.32. The Balaban J connectivity index is 0.00000300. The number of amides is 4. The van der Waals surface area contributed by atoms with Crippen molar-refractivity contribution in [1.82, 2.24) is 10.2 Å². The number of unbranched alkanes of at least 4 members (excludes halogenated alkanes) is 1. The van der Waals surface area contributed by atoms with E-state index in [0.717, 1.165) is 30.6 Å². The van der Waals surface area contributed by atoms with Crippen LogP contribution in [-0.4, -0.2) is 47.2 Å². The zero-order valence-electron chi connectivity index (χ0n) is 16.4. The van der Waals surface area contributed by atoms with Gasteiger partial charge in [0.25, 0.3) is 11.8 Å². The SMILES string of the molecule is CCC(N)CCCCNc1cccc2c1C(=O)N(C1CCC(=O)NC1=O)C2=O.Cl. The minimum Gasteiger partial charge on any atom is -0.384 e. The molecule has 2 aliphatic heterocycles. The fraction of sp³-hybridized carbons (Fsp3) is 0.500. The van der Waals surface area contributed by atoms with E-state index in [1.165, 1.54) is 0 Å². The third-order valence-corrected chi connectivity index (χ3v) is 5.31. The average Bonchev–Trinajstić information content (AvgIpc) is 2.93. The van der Waals surface area contributed by atoms with Crippen LogP contribution in [0.3, 0.4) is 0 Å². The van der Waals surface area contributed by atoms with Crippen LogP contribution in [0.25, 0.3) is 0 Å². The zero-order chi connectivity index (χ0) is 20.3. The molecular weight excluding hydrogens is 396 g/mol. The molecule has 29 heavy (non-hydrogen) atoms. The highest BCUT2D eigenvalue weighted by Gasteiger charge is 2.45. The predicted octanol–water partition coefficient (Wildman–Crippen LogP) is 1.83. The maximum absolute atomic E-state index is 13.0. The van der Waals surface area contributed by atoms with Crippen molar-refractivity contribution in [3.8, 4) is 0 Å². The summed E-state index contributed by atoms with van der Waals surface area (Å²) in [6, 6.07) is 4.33. The number of piperidine rings is 1. The number of nitrogens with one attached hydrogen (secondary N) is 2. The van der Waals surface area contributed by atoms with E-state index >= 15 is 0 Å². The topological polar surface area (TPSA) is 122 Å². The molecule has 2 atom stereocenters. The Bertz CT molecular complexity index is 814. The van der Waals surface area contributed by atoms with Crippen LogP contribution in [0.2, 0.25) is 0 Å². The van der Waals surface area contributed by atoms with Gasteiger partial charge in [-0.2, -0.15) is 0 Å². The van der Waals surface area contributed by atoms with Crippen molar-refractivity contribution >= 4 is 41.7 Å². The second kappa shape index (κ2) is 9.84. The minimum atomic E-state index is -0.950. The first-order valence-corrected chi connectivity index (χ1v) is 9.78. The minimum absolute atomic E-state index is 0. The molecular formula is C20H27ClN4O4. The number of nitrogens with two attached hydrogens (primary N) is 1. The second-order valence-electron chi connectivity index (χ2n) is 7.27. The number of imide groups is 2. The van der Waals surface area contributed by atoms with Crippen LogP contribution in [0.15, 0.2) is 18.2 Å². The fourth-order valence-electron chi connectivity index (χ4n) is 3.62. The van der Waals surface area contributed by atoms with Gasteiger partial charge in [-0.15, -0.1) is 12.4 Å². The quantitative estimate of drug-likeness (QED) is 0.434. The normalized spacial score (nSPS) is 19.5. The van der Waals surface area contributed by atoms with E-state index in [1.807, 2.05) is 0 Å². The third-order valence-electron chi connectivity index (χ3n) is 5.31. The molecule has 0 aromatic heterocycles. The summed E-state index contributed by atoms with van der Waals surface area (Å²) in [4.78, 5) is 50.2. The van der Waals surface area contributed by atoms with Crippen LogP contribution in [0, 0.1) is 0 Å². The molecule has 3 rings (SSSR count). The first kappa shape index (κ1) is 22.8. The van der Waals surface area contributed by atoms with Crippen LogP contribution < -0.4 is 16.4 Å². The molecule has 0 aliphatic carbocycles. The van der Waals surface area contributed by atoms with E-state index < -0.39 is 23.8 Å². The molecule has 0 bridgehead atoms. The van der Waals surface area contributed by atoms with Crippen LogP contribution in [-0.2, 0) is 9.59 Å². The van der Waals surface area contributed by atoms with Gasteiger partial charge >= 0.3 is 0 Å². The predicted molar refractivity (Wildman–Crippen MR) is 111 cm³/mol. The summed E-state index contributed by atoms with van der Waals surface area (Å²) in [7, 11) is 0. The first-order chi connectivity index (χ1) is 13.4. The maximum Gasteiger partial charge on any atom is 0.264 e. The molecule has 0 saturated carbocycles. The van der Waals surface area contributed by atoms with Gasteiger partial charge in [0.15, 0.2) is 0 Å². The van der Waals surface area contributed by atoms with Crippen molar-refractivity contribution in [3.63, 3.8) is 0 Å². The first-order valence-electron chi connectivity index (χ1n) is 9.78. The number of anilines is 1. The highest BCUT2D eigenvalue weighted by atomic mass is 35.5. The fourth-order valence-corrected chi connectivity index (χ4v) is 3.62. The number of fused-ring (bicyclic) bond motifs is 1. The molecule has 0 spiro atoms. The number of nitrogens with zero attached hydrogens (tertiary/aromatic N) is 1. The lowest BCUT2D eigenvalue weighted by Crippen LogP contribution is -2.54. The summed E-state index contributed by atoms with van der Waals surface area (Å²) in [5.41, 5.74) is 7.08. The Morgan fingerprint density at radius 3 is 2.66 bits per heavy atom. The molecule has 2 aliphatic rings. The monoisotopic (exact) mass is 422 g/mol. The molecule has 8 nitrogen and oxygen atoms in total. The summed E-state index contributed by atoms with van der Waals surface area (Å²) in [5.74, 6) is -1.98. The highest BCUT2D eigenvalue weighted by molar-refractivity contribution is 6.25. The van der Waals surface area contributed by atoms with Gasteiger partial charge in [-0.05, 0) is 37.8 Å². The molecule has 1 saturated heterocycles. The molecule has 2 heterocycles. The molecule has 0 radical (unpaired) electrons. The summed E-state index contributed by atoms with van der Waals surface area (Å²) >= 11 is 0. The molecule has 1 aromatic rings. The summed E-state index contributed by atoms with van der Waals surface area (Å²) < 4.78 is 0. The molecule has 1 aromatic carbocycles. The number of halogens is 1. The van der Waals surface area contributed by atoms with Crippen molar-refractivity contribution in [2.75, 3.05) is 11.9 Å². The second-order valence-corrected chi connectivity index (χ2v) is 7.27. The largest absolute Gasteiger partial charge is 0.384 e. The van der Waals surface area contributed by atoms with Crippen molar-refractivity contribution < 1.29 is 19.2 Å². The molecule has 4 N–H and O–H groups in total. The average molecular weight is 423 g/mol. The molecule has 9 heteroatoms. The van der Waals surface area contributed by atoms with Crippen LogP contribution in [0.5, 0.6) is 0 Å². The lowest BCUT2D eigenvalue weighted by Gasteiger charge is -2.27. The Morgan fingerprint density at radius 1 is 1.21 bits per heavy atom. The Morgan fingerprint density at radius 2 is 1.97 bits per heavy atom. The van der Waals surface area contributed by atoms with E-state index in [-0.39, 0.29) is 42.8 Å². The number of benzene rings is 1. The van der Waals surface area contributed by atoms with E-state index in [4.69, 9.17) is 5.73 Å². The smallest absolute Gasteiger partial charge is 0.264 e. The van der Waals surface area contributed by atoms with E-state index in [0.29, 0.717) is 17.8 Å². The van der Waals surface area contributed by atoms with Crippen molar-refractivity contribution in [1.29, 1.82) is 0 Å². The van der Waals surface area contributed by atoms with Crippen LogP contribution >= 0.6 is 12.4 Å². The third kappa shape index (κ3) is 4.76. The van der Waals surface area contributed by atoms with Gasteiger partial charge in [-0.25, -0.2) is 0 Å². The van der Waals surface area contributed by atoms with E-state index in [2.05, 4.69) is 17.6 Å². The molecule has 158 valence electrons. The lowest BCUT2D eigenvalue weighted by molar-refractivity contribution is -0.136. The van der Waals surface area contributed by atoms with Crippen LogP contribution in [0.1, 0.15) is 66.2 Å². The Labute approximate surface area is 176 Å². The number of carbonyl (C=O) groups excluding carboxylic acids is 4. The van der Waals surface area contributed by atoms with Gasteiger partial charge in [-0.1, -0.05) is 19.4 Å². The van der Waals surface area contributed by atoms with E-state index in [9.17, 15) is 19.2 Å². The van der Waals surface area contributed by atoms with Crippen molar-refractivity contribution in [2.45, 2.75) is 57.5 Å². The molecule has 4 amide bonds. The Hall–Kier alpha value is -2.45. The van der Waals surface area contributed by atoms with Crippen molar-refractivity contribution in [3.05, 3.63) is 29.3 Å². The van der Waals surface area contributed by atoms with Gasteiger partial charge in [0.05, 0.1) is 11.1 Å². The summed E-state index contributed by atoms with van der Waals surface area (Å²) in [6.45, 7) is 2.72. The standard InChI is InChI=1S/C20H26N4O4.ClH/c1-2-12(21)6-3-4-11-22-14-8-5-7-13-17(14)20(28)24(19(13)27)15-9-10-16(25)23-18(15)26;/h5,7-8,12,15,22H,2-4,6,9-11,21H2,1H3,(H,23,25,26);1H. The van der Waals surface area contributed by atoms with E-state index in [1.54, 1.807) is 18.2 Å². The van der Waals surface area contributed by atoms with Gasteiger partial charge in [0.2, 0.25) is 11.8 Å². The number of hydrogen-bond acceptors (Lipinski definition) is 6. The molecule has 2 unspecified atom stereocenters. The Kier molecular flexibility index (Phi) is 7.75. The number of carbonyl (C=O) groups is 4. The van der Waals surface area contributed by atoms with Crippen molar-refractivity contribution in [2.24, 2.45) is 5.73 Å². The number of rotatable bonds is 8. The van der Waals surface area contributed by atoms with Gasteiger partial charge < -0.3 is 11.1 Å². The van der Waals surface area contributed by atoms with Crippen LogP contribution in [0.4, 0.5) is 5.69 Å². The van der Waals surface area contributed by atoms with Gasteiger partial charge in [0, 0.05) is 24.7 Å².